The van der Waals surface area contributed by atoms with Crippen LogP contribution in [0.1, 0.15) is 19.7 Å². The zero-order valence-electron chi connectivity index (χ0n) is 12.8. The normalized spacial score (nSPS) is 12.6. The number of hydrogen-bond donors (Lipinski definition) is 0. The Hall–Kier alpha value is -0.480. The molecule has 0 spiro atoms. The Labute approximate surface area is 140 Å². The molecule has 0 saturated heterocycles. The molecule has 0 saturated carbocycles. The van der Waals surface area contributed by atoms with Crippen LogP contribution in [-0.2, 0) is 13.0 Å². The minimum atomic E-state index is -0.0131. The van der Waals surface area contributed by atoms with Gasteiger partial charge in [0, 0.05) is 24.4 Å². The first-order valence-corrected chi connectivity index (χ1v) is 8.13. The summed E-state index contributed by atoms with van der Waals surface area (Å²) in [7, 11) is 4.15. The zero-order chi connectivity index (χ0) is 15.8. The molecule has 0 unspecified atom stereocenters. The van der Waals surface area contributed by atoms with Crippen LogP contribution in [0.15, 0.2) is 12.1 Å². The third kappa shape index (κ3) is 3.48. The lowest BCUT2D eigenvalue weighted by molar-refractivity contribution is 0.170. The van der Waals surface area contributed by atoms with E-state index in [-0.39, 0.29) is 5.54 Å². The molecule has 2 rings (SSSR count). The molecular weight excluding hydrogens is 329 g/mol. The molecule has 2 aromatic rings. The highest BCUT2D eigenvalue weighted by molar-refractivity contribution is 6.42. The van der Waals surface area contributed by atoms with Crippen molar-refractivity contribution in [1.82, 2.24) is 14.5 Å². The maximum Gasteiger partial charge on any atom is 0.111 e. The van der Waals surface area contributed by atoms with E-state index in [1.807, 2.05) is 12.1 Å². The summed E-state index contributed by atoms with van der Waals surface area (Å²) in [6, 6.07) is 3.70. The van der Waals surface area contributed by atoms with Crippen molar-refractivity contribution in [1.29, 1.82) is 0 Å². The fourth-order valence-electron chi connectivity index (χ4n) is 2.15. The van der Waals surface area contributed by atoms with E-state index in [1.54, 1.807) is 0 Å². The first kappa shape index (κ1) is 16.9. The lowest BCUT2D eigenvalue weighted by atomic mass is 10.0. The number of imidazole rings is 1. The van der Waals surface area contributed by atoms with Crippen molar-refractivity contribution in [3.05, 3.63) is 28.0 Å². The van der Waals surface area contributed by atoms with Crippen molar-refractivity contribution in [2.45, 2.75) is 32.4 Å². The summed E-state index contributed by atoms with van der Waals surface area (Å²) in [5.41, 5.74) is 1.85. The monoisotopic (exact) mass is 347 g/mol. The molecule has 116 valence electrons. The summed E-state index contributed by atoms with van der Waals surface area (Å²) >= 11 is 18.2. The lowest BCUT2D eigenvalue weighted by Gasteiger charge is -2.33. The predicted octanol–water partition coefficient (Wildman–Crippen LogP) is 4.46. The second kappa shape index (κ2) is 6.33. The van der Waals surface area contributed by atoms with Gasteiger partial charge in [0.2, 0.25) is 0 Å². The molecule has 3 nitrogen and oxygen atoms in total. The van der Waals surface area contributed by atoms with Crippen LogP contribution in [0.25, 0.3) is 11.0 Å². The molecule has 1 aromatic heterocycles. The van der Waals surface area contributed by atoms with Crippen LogP contribution in [0, 0.1) is 0 Å². The highest BCUT2D eigenvalue weighted by atomic mass is 35.5. The highest BCUT2D eigenvalue weighted by Gasteiger charge is 2.24. The summed E-state index contributed by atoms with van der Waals surface area (Å²) in [6.07, 6.45) is 0.717. The molecule has 1 aromatic carbocycles. The molecule has 0 aliphatic carbocycles. The molecule has 0 aliphatic rings. The van der Waals surface area contributed by atoms with E-state index in [4.69, 9.17) is 34.8 Å². The van der Waals surface area contributed by atoms with Crippen molar-refractivity contribution in [2.24, 2.45) is 0 Å². The molecule has 0 amide bonds. The van der Waals surface area contributed by atoms with Gasteiger partial charge in [-0.05, 0) is 40.1 Å². The summed E-state index contributed by atoms with van der Waals surface area (Å²) in [5, 5.41) is 1.07. The Morgan fingerprint density at radius 1 is 1.19 bits per heavy atom. The maximum absolute atomic E-state index is 6.17. The minimum absolute atomic E-state index is 0.0131. The Morgan fingerprint density at radius 3 is 2.38 bits per heavy atom. The van der Waals surface area contributed by atoms with Gasteiger partial charge in [0.15, 0.2) is 0 Å². The molecule has 0 aliphatic heterocycles. The summed E-state index contributed by atoms with van der Waals surface area (Å²) in [4.78, 5) is 6.86. The molecule has 1 heterocycles. The van der Waals surface area contributed by atoms with Gasteiger partial charge in [0.25, 0.3) is 0 Å². The average Bonchev–Trinajstić information content (AvgIpc) is 2.68. The maximum atomic E-state index is 6.17. The van der Waals surface area contributed by atoms with Crippen molar-refractivity contribution in [3.8, 4) is 0 Å². The SMILES string of the molecule is CN(C)C(C)(C)Cn1c(CCCl)nc2cc(Cl)c(Cl)cc21. The standard InChI is InChI=1S/C15H20Cl3N3/c1-15(2,20(3)4)9-21-13-8-11(18)10(17)7-12(13)19-14(21)5-6-16/h7-8H,5-6,9H2,1-4H3. The minimum Gasteiger partial charge on any atom is -0.326 e. The van der Waals surface area contributed by atoms with E-state index in [0.717, 1.165) is 29.8 Å². The van der Waals surface area contributed by atoms with Gasteiger partial charge in [-0.1, -0.05) is 23.2 Å². The molecule has 0 fully saturated rings. The summed E-state index contributed by atoms with van der Waals surface area (Å²) < 4.78 is 2.19. The molecule has 0 atom stereocenters. The molecule has 21 heavy (non-hydrogen) atoms. The first-order chi connectivity index (χ1) is 9.76. The molecular formula is C15H20Cl3N3. The van der Waals surface area contributed by atoms with E-state index in [0.29, 0.717) is 15.9 Å². The topological polar surface area (TPSA) is 21.1 Å². The van der Waals surface area contributed by atoms with E-state index >= 15 is 0 Å². The van der Waals surface area contributed by atoms with Crippen LogP contribution >= 0.6 is 34.8 Å². The summed E-state index contributed by atoms with van der Waals surface area (Å²) in [6.45, 7) is 5.20. The van der Waals surface area contributed by atoms with E-state index in [9.17, 15) is 0 Å². The number of alkyl halides is 1. The van der Waals surface area contributed by atoms with Crippen LogP contribution in [0.5, 0.6) is 0 Å². The van der Waals surface area contributed by atoms with Gasteiger partial charge < -0.3 is 9.47 Å². The number of nitrogens with zero attached hydrogens (tertiary/aromatic N) is 3. The predicted molar refractivity (Wildman–Crippen MR) is 91.9 cm³/mol. The number of fused-ring (bicyclic) bond motifs is 1. The van der Waals surface area contributed by atoms with Crippen molar-refractivity contribution >= 4 is 45.8 Å². The lowest BCUT2D eigenvalue weighted by Crippen LogP contribution is -2.42. The van der Waals surface area contributed by atoms with Gasteiger partial charge >= 0.3 is 0 Å². The quantitative estimate of drug-likeness (QED) is 0.744. The first-order valence-electron chi connectivity index (χ1n) is 6.84. The molecule has 0 bridgehead atoms. The Bertz CT molecular complexity index is 647. The number of aryl methyl sites for hydroxylation is 1. The Kier molecular flexibility index (Phi) is 5.09. The molecule has 0 N–H and O–H groups in total. The number of likely N-dealkylation sites (N-methyl/N-ethyl adjacent to an activating group) is 1. The number of rotatable bonds is 5. The Balaban J connectivity index is 2.58. The Morgan fingerprint density at radius 2 is 1.81 bits per heavy atom. The van der Waals surface area contributed by atoms with Crippen molar-refractivity contribution in [3.63, 3.8) is 0 Å². The number of hydrogen-bond acceptors (Lipinski definition) is 2. The van der Waals surface area contributed by atoms with E-state index in [1.165, 1.54) is 0 Å². The smallest absolute Gasteiger partial charge is 0.111 e. The zero-order valence-corrected chi connectivity index (χ0v) is 15.0. The third-order valence-electron chi connectivity index (χ3n) is 3.94. The third-order valence-corrected chi connectivity index (χ3v) is 4.85. The summed E-state index contributed by atoms with van der Waals surface area (Å²) in [5.74, 6) is 1.50. The molecule has 0 radical (unpaired) electrons. The van der Waals surface area contributed by atoms with Crippen LogP contribution in [0.4, 0.5) is 0 Å². The van der Waals surface area contributed by atoms with Crippen LogP contribution in [-0.4, -0.2) is 40.0 Å². The van der Waals surface area contributed by atoms with Gasteiger partial charge in [-0.3, -0.25) is 0 Å². The van der Waals surface area contributed by atoms with Crippen LogP contribution in [0.3, 0.4) is 0 Å². The number of halogens is 3. The van der Waals surface area contributed by atoms with E-state index < -0.39 is 0 Å². The highest BCUT2D eigenvalue weighted by Crippen LogP contribution is 2.30. The van der Waals surface area contributed by atoms with Crippen LogP contribution in [0.2, 0.25) is 10.0 Å². The van der Waals surface area contributed by atoms with Gasteiger partial charge in [-0.15, -0.1) is 11.6 Å². The van der Waals surface area contributed by atoms with Gasteiger partial charge in [0.1, 0.15) is 5.82 Å². The second-order valence-corrected chi connectivity index (χ2v) is 7.21. The largest absolute Gasteiger partial charge is 0.326 e. The van der Waals surface area contributed by atoms with Gasteiger partial charge in [0.05, 0.1) is 21.1 Å². The molecule has 6 heteroatoms. The van der Waals surface area contributed by atoms with Crippen molar-refractivity contribution in [2.75, 3.05) is 20.0 Å². The second-order valence-electron chi connectivity index (χ2n) is 6.02. The fraction of sp³-hybridized carbons (Fsp3) is 0.533. The van der Waals surface area contributed by atoms with Crippen molar-refractivity contribution < 1.29 is 0 Å². The van der Waals surface area contributed by atoms with Gasteiger partial charge in [-0.2, -0.15) is 0 Å². The number of aromatic nitrogens is 2. The average molecular weight is 349 g/mol. The van der Waals surface area contributed by atoms with Gasteiger partial charge in [-0.25, -0.2) is 4.98 Å². The number of benzene rings is 1. The van der Waals surface area contributed by atoms with Crippen LogP contribution < -0.4 is 0 Å². The van der Waals surface area contributed by atoms with E-state index in [2.05, 4.69) is 42.4 Å². The fourth-order valence-corrected chi connectivity index (χ4v) is 2.64.